The van der Waals surface area contributed by atoms with Crippen LogP contribution < -0.4 is 0 Å². The van der Waals surface area contributed by atoms with E-state index in [-0.39, 0.29) is 16.6 Å². The molecule has 2 aromatic carbocycles. The van der Waals surface area contributed by atoms with Gasteiger partial charge in [0.05, 0.1) is 34.8 Å². The number of rotatable bonds is 4. The summed E-state index contributed by atoms with van der Waals surface area (Å²) in [5.41, 5.74) is -0.360. The van der Waals surface area contributed by atoms with Crippen molar-refractivity contribution in [2.24, 2.45) is 5.92 Å². The Morgan fingerprint density at radius 3 is 2.25 bits per heavy atom. The van der Waals surface area contributed by atoms with Gasteiger partial charge in [0.25, 0.3) is 0 Å². The number of hydrogen-bond acceptors (Lipinski definition) is 4. The summed E-state index contributed by atoms with van der Waals surface area (Å²) in [5, 5.41) is 32.3. The molecule has 9 heteroatoms. The van der Waals surface area contributed by atoms with E-state index in [1.54, 1.807) is 17.5 Å². The van der Waals surface area contributed by atoms with Gasteiger partial charge in [-0.25, -0.2) is 4.39 Å². The molecule has 0 amide bonds. The Kier molecular flexibility index (Phi) is 5.37. The molecule has 2 aromatic heterocycles. The predicted octanol–water partition coefficient (Wildman–Crippen LogP) is 6.56. The van der Waals surface area contributed by atoms with Gasteiger partial charge in [-0.05, 0) is 53.4 Å². The summed E-state index contributed by atoms with van der Waals surface area (Å²) in [6.07, 6.45) is -4.64. The summed E-state index contributed by atoms with van der Waals surface area (Å²) in [6.45, 7) is 0. The molecule has 4 nitrogen and oxygen atoms in total. The Hall–Kier alpha value is -3.82. The van der Waals surface area contributed by atoms with Crippen molar-refractivity contribution in [1.29, 1.82) is 10.5 Å². The molecule has 0 saturated heterocycles. The molecule has 0 saturated carbocycles. The predicted molar refractivity (Wildman–Crippen MR) is 110 cm³/mol. The number of fused-ring (bicyclic) bond motifs is 1. The van der Waals surface area contributed by atoms with Gasteiger partial charge in [-0.2, -0.15) is 28.4 Å². The first-order valence-electron chi connectivity index (χ1n) is 9.29. The van der Waals surface area contributed by atoms with Crippen LogP contribution in [0.25, 0.3) is 22.2 Å². The van der Waals surface area contributed by atoms with Crippen LogP contribution in [0.15, 0.2) is 60.0 Å². The standard InChI is InChI=1S/C23H13F4N3OS/c24-16-6-3-13(4-7-16)22-21(20(14(11-28)12-29)19-2-1-9-32-19)17-8-5-15(23(25,26)27)10-18(17)30(22)31/h1-10,14,20,31H. The van der Waals surface area contributed by atoms with Gasteiger partial charge in [-0.15, -0.1) is 11.3 Å². The van der Waals surface area contributed by atoms with Crippen LogP contribution in [0.3, 0.4) is 0 Å². The van der Waals surface area contributed by atoms with Crippen molar-refractivity contribution in [2.45, 2.75) is 12.1 Å². The highest BCUT2D eigenvalue weighted by atomic mass is 32.1. The quantitative estimate of drug-likeness (QED) is 0.280. The van der Waals surface area contributed by atoms with E-state index in [1.807, 2.05) is 12.1 Å². The van der Waals surface area contributed by atoms with Crippen molar-refractivity contribution in [3.63, 3.8) is 0 Å². The fraction of sp³-hybridized carbons (Fsp3) is 0.130. The third kappa shape index (κ3) is 3.57. The van der Waals surface area contributed by atoms with Crippen molar-refractivity contribution in [1.82, 2.24) is 4.73 Å². The van der Waals surface area contributed by atoms with Gasteiger partial charge in [0.1, 0.15) is 11.7 Å². The van der Waals surface area contributed by atoms with Crippen molar-refractivity contribution >= 4 is 22.2 Å². The number of thiophene rings is 1. The third-order valence-electron chi connectivity index (χ3n) is 5.20. The number of halogens is 4. The second kappa shape index (κ2) is 8.03. The summed E-state index contributed by atoms with van der Waals surface area (Å²) in [4.78, 5) is 0.633. The maximum absolute atomic E-state index is 13.5. The lowest BCUT2D eigenvalue weighted by Gasteiger charge is -2.18. The van der Waals surface area contributed by atoms with Gasteiger partial charge in [-0.3, -0.25) is 0 Å². The van der Waals surface area contributed by atoms with Crippen LogP contribution in [0.5, 0.6) is 0 Å². The van der Waals surface area contributed by atoms with Gasteiger partial charge in [-0.1, -0.05) is 12.1 Å². The van der Waals surface area contributed by atoms with Gasteiger partial charge in [0.15, 0.2) is 0 Å². The lowest BCUT2D eigenvalue weighted by Crippen LogP contribution is -2.11. The number of nitriles is 2. The Morgan fingerprint density at radius 1 is 1.00 bits per heavy atom. The minimum atomic E-state index is -4.64. The van der Waals surface area contributed by atoms with E-state index in [2.05, 4.69) is 0 Å². The summed E-state index contributed by atoms with van der Waals surface area (Å²) in [7, 11) is 0. The van der Waals surface area contributed by atoms with Crippen LogP contribution in [0.2, 0.25) is 0 Å². The minimum absolute atomic E-state index is 0.0909. The molecule has 160 valence electrons. The zero-order valence-corrected chi connectivity index (χ0v) is 17.0. The van der Waals surface area contributed by atoms with Crippen LogP contribution in [0.1, 0.15) is 21.9 Å². The van der Waals surface area contributed by atoms with Crippen molar-refractivity contribution in [2.75, 3.05) is 0 Å². The van der Waals surface area contributed by atoms with Gasteiger partial charge < -0.3 is 5.21 Å². The van der Waals surface area contributed by atoms with Crippen LogP contribution >= 0.6 is 11.3 Å². The fourth-order valence-electron chi connectivity index (χ4n) is 3.79. The Balaban J connectivity index is 2.12. The molecule has 1 atom stereocenters. The lowest BCUT2D eigenvalue weighted by atomic mass is 9.83. The van der Waals surface area contributed by atoms with Crippen LogP contribution in [0.4, 0.5) is 17.6 Å². The Morgan fingerprint density at radius 2 is 1.69 bits per heavy atom. The van der Waals surface area contributed by atoms with Crippen molar-refractivity contribution in [3.05, 3.63) is 81.8 Å². The van der Waals surface area contributed by atoms with Crippen molar-refractivity contribution in [3.8, 4) is 23.4 Å². The van der Waals surface area contributed by atoms with E-state index in [0.29, 0.717) is 20.7 Å². The molecule has 0 radical (unpaired) electrons. The van der Waals surface area contributed by atoms with Crippen LogP contribution in [-0.2, 0) is 6.18 Å². The third-order valence-corrected chi connectivity index (χ3v) is 6.16. The highest BCUT2D eigenvalue weighted by Gasteiger charge is 2.35. The lowest BCUT2D eigenvalue weighted by molar-refractivity contribution is -0.137. The first kappa shape index (κ1) is 21.4. The van der Waals surface area contributed by atoms with Gasteiger partial charge in [0, 0.05) is 15.8 Å². The highest BCUT2D eigenvalue weighted by Crippen LogP contribution is 2.45. The second-order valence-electron chi connectivity index (χ2n) is 7.04. The SMILES string of the molecule is N#CC(C#N)C(c1cccs1)c1c(-c2ccc(F)cc2)n(O)c2cc(C(F)(F)F)ccc12. The fourth-order valence-corrected chi connectivity index (χ4v) is 4.66. The van der Waals surface area contributed by atoms with Crippen LogP contribution in [-0.4, -0.2) is 9.94 Å². The van der Waals surface area contributed by atoms with E-state index in [1.165, 1.54) is 29.5 Å². The molecule has 0 aliphatic rings. The van der Waals surface area contributed by atoms with E-state index in [9.17, 15) is 33.3 Å². The topological polar surface area (TPSA) is 72.7 Å². The molecular formula is C23H13F4N3OS. The number of hydrogen-bond donors (Lipinski definition) is 1. The monoisotopic (exact) mass is 455 g/mol. The molecule has 4 aromatic rings. The molecule has 32 heavy (non-hydrogen) atoms. The Bertz CT molecular complexity index is 1350. The maximum atomic E-state index is 13.5. The van der Waals surface area contributed by atoms with E-state index in [0.717, 1.165) is 24.3 Å². The summed E-state index contributed by atoms with van der Waals surface area (Å²) >= 11 is 1.28. The summed E-state index contributed by atoms with van der Waals surface area (Å²) in [5.74, 6) is -2.56. The molecule has 0 bridgehead atoms. The Labute approximate surface area is 183 Å². The zero-order valence-electron chi connectivity index (χ0n) is 16.1. The molecule has 0 aliphatic carbocycles. The number of aromatic nitrogens is 1. The van der Waals surface area contributed by atoms with Crippen LogP contribution in [0, 0.1) is 34.4 Å². The smallest absolute Gasteiger partial charge is 0.416 e. The van der Waals surface area contributed by atoms with Gasteiger partial charge in [0.2, 0.25) is 0 Å². The second-order valence-corrected chi connectivity index (χ2v) is 8.02. The molecule has 2 heterocycles. The molecular weight excluding hydrogens is 442 g/mol. The number of alkyl halides is 3. The molecule has 1 unspecified atom stereocenters. The summed E-state index contributed by atoms with van der Waals surface area (Å²) < 4.78 is 54.1. The largest absolute Gasteiger partial charge is 0.428 e. The zero-order chi connectivity index (χ0) is 23.0. The number of nitrogens with zero attached hydrogens (tertiary/aromatic N) is 3. The first-order chi connectivity index (χ1) is 15.3. The maximum Gasteiger partial charge on any atom is 0.416 e. The van der Waals surface area contributed by atoms with E-state index < -0.39 is 29.4 Å². The van der Waals surface area contributed by atoms with E-state index >= 15 is 0 Å². The number of benzene rings is 2. The first-order valence-corrected chi connectivity index (χ1v) is 10.2. The van der Waals surface area contributed by atoms with Gasteiger partial charge >= 0.3 is 6.18 Å². The molecule has 0 fully saturated rings. The van der Waals surface area contributed by atoms with E-state index in [4.69, 9.17) is 0 Å². The average molecular weight is 455 g/mol. The molecule has 4 rings (SSSR count). The molecule has 1 N–H and O–H groups in total. The summed E-state index contributed by atoms with van der Waals surface area (Å²) in [6, 6.07) is 15.3. The average Bonchev–Trinajstić information content (AvgIpc) is 3.39. The molecule has 0 spiro atoms. The minimum Gasteiger partial charge on any atom is -0.428 e. The molecule has 0 aliphatic heterocycles. The normalized spacial score (nSPS) is 12.6. The highest BCUT2D eigenvalue weighted by molar-refractivity contribution is 7.10. The van der Waals surface area contributed by atoms with Crippen molar-refractivity contribution < 1.29 is 22.8 Å².